The molecule has 0 aromatic rings. The Labute approximate surface area is 102 Å². The van der Waals surface area contributed by atoms with E-state index < -0.39 is 11.0 Å². The van der Waals surface area contributed by atoms with Crippen LogP contribution < -0.4 is 5.32 Å². The molecule has 0 aliphatic carbocycles. The largest absolute Gasteiger partial charge is 0.388 e. The second-order valence-electron chi connectivity index (χ2n) is 5.99. The first-order chi connectivity index (χ1) is 7.62. The van der Waals surface area contributed by atoms with Gasteiger partial charge in [0.15, 0.2) is 0 Å². The molecule has 0 radical (unpaired) electrons. The van der Waals surface area contributed by atoms with Crippen LogP contribution >= 0.6 is 0 Å². The third kappa shape index (κ3) is 4.00. The fourth-order valence-electron chi connectivity index (χ4n) is 1.69. The predicted molar refractivity (Wildman–Crippen MR) is 64.3 cm³/mol. The summed E-state index contributed by atoms with van der Waals surface area (Å²) in [6, 6.07) is 0. The monoisotopic (exact) mass is 242 g/mol. The van der Waals surface area contributed by atoms with Gasteiger partial charge in [0.2, 0.25) is 11.8 Å². The number of hydrogen-bond donors (Lipinski definition) is 2. The molecule has 1 aliphatic rings. The van der Waals surface area contributed by atoms with Crippen molar-refractivity contribution in [1.82, 2.24) is 10.2 Å². The zero-order chi connectivity index (χ0) is 13.3. The number of nitrogens with one attached hydrogen (secondary N) is 1. The number of hydrogen-bond acceptors (Lipinski definition) is 3. The zero-order valence-corrected chi connectivity index (χ0v) is 11.0. The lowest BCUT2D eigenvalue weighted by Gasteiger charge is -2.21. The van der Waals surface area contributed by atoms with Crippen molar-refractivity contribution in [1.29, 1.82) is 0 Å². The molecule has 0 bridgehead atoms. The molecule has 17 heavy (non-hydrogen) atoms. The molecule has 0 spiro atoms. The van der Waals surface area contributed by atoms with Crippen LogP contribution in [-0.2, 0) is 9.59 Å². The smallest absolute Gasteiger partial charge is 0.242 e. The Morgan fingerprint density at radius 3 is 2.41 bits per heavy atom. The van der Waals surface area contributed by atoms with Gasteiger partial charge in [0.25, 0.3) is 0 Å². The fourth-order valence-corrected chi connectivity index (χ4v) is 1.69. The van der Waals surface area contributed by atoms with Crippen molar-refractivity contribution in [2.75, 3.05) is 19.6 Å². The van der Waals surface area contributed by atoms with E-state index in [0.717, 1.165) is 0 Å². The molecule has 1 fully saturated rings. The second-order valence-corrected chi connectivity index (χ2v) is 5.99. The highest BCUT2D eigenvalue weighted by atomic mass is 16.3. The van der Waals surface area contributed by atoms with Gasteiger partial charge in [-0.1, -0.05) is 20.8 Å². The van der Waals surface area contributed by atoms with Crippen molar-refractivity contribution in [2.45, 2.75) is 39.7 Å². The maximum Gasteiger partial charge on any atom is 0.242 e. The van der Waals surface area contributed by atoms with Gasteiger partial charge in [-0.2, -0.15) is 0 Å². The number of likely N-dealkylation sites (tertiary alicyclic amines) is 1. The number of β-amino-alcohol motifs (C(OH)–C–C–N with tert-alkyl or cyclic N) is 1. The molecule has 0 saturated carbocycles. The molecule has 2 amide bonds. The molecule has 1 aliphatic heterocycles. The summed E-state index contributed by atoms with van der Waals surface area (Å²) < 4.78 is 0. The van der Waals surface area contributed by atoms with Gasteiger partial charge in [-0.3, -0.25) is 9.59 Å². The van der Waals surface area contributed by atoms with Crippen molar-refractivity contribution in [3.05, 3.63) is 0 Å². The van der Waals surface area contributed by atoms with Crippen molar-refractivity contribution < 1.29 is 14.7 Å². The van der Waals surface area contributed by atoms with Crippen molar-refractivity contribution in [3.8, 4) is 0 Å². The van der Waals surface area contributed by atoms with Crippen LogP contribution in [-0.4, -0.2) is 47.1 Å². The summed E-state index contributed by atoms with van der Waals surface area (Å²) in [7, 11) is 0. The molecular formula is C12H22N2O3. The number of rotatable bonds is 2. The molecule has 0 aromatic heterocycles. The van der Waals surface area contributed by atoms with Crippen LogP contribution in [0.2, 0.25) is 0 Å². The van der Waals surface area contributed by atoms with Gasteiger partial charge in [0.1, 0.15) is 0 Å². The first-order valence-electron chi connectivity index (χ1n) is 5.90. The molecule has 1 saturated heterocycles. The number of aliphatic hydroxyl groups is 1. The van der Waals surface area contributed by atoms with Gasteiger partial charge < -0.3 is 15.3 Å². The summed E-state index contributed by atoms with van der Waals surface area (Å²) in [5, 5.41) is 12.4. The maximum atomic E-state index is 11.8. The minimum atomic E-state index is -0.788. The predicted octanol–water partition coefficient (Wildman–Crippen LogP) is 0.132. The van der Waals surface area contributed by atoms with Crippen LogP contribution in [0.3, 0.4) is 0 Å². The SMILES string of the molecule is CC1(O)CCN(C(=O)CNC(=O)C(C)(C)C)C1. The van der Waals surface area contributed by atoms with Crippen molar-refractivity contribution >= 4 is 11.8 Å². The number of carbonyl (C=O) groups is 2. The van der Waals surface area contributed by atoms with E-state index in [1.807, 2.05) is 0 Å². The highest BCUT2D eigenvalue weighted by Crippen LogP contribution is 2.20. The maximum absolute atomic E-state index is 11.8. The number of nitrogens with zero attached hydrogens (tertiary/aromatic N) is 1. The van der Waals surface area contributed by atoms with Crippen LogP contribution in [0.5, 0.6) is 0 Å². The molecular weight excluding hydrogens is 220 g/mol. The van der Waals surface area contributed by atoms with Gasteiger partial charge >= 0.3 is 0 Å². The molecule has 1 atom stereocenters. The summed E-state index contributed by atoms with van der Waals surface area (Å²) in [5.74, 6) is -0.280. The normalized spacial score (nSPS) is 24.9. The van der Waals surface area contributed by atoms with E-state index in [9.17, 15) is 14.7 Å². The van der Waals surface area contributed by atoms with Gasteiger partial charge in [0.05, 0.1) is 12.1 Å². The summed E-state index contributed by atoms with van der Waals surface area (Å²) >= 11 is 0. The summed E-state index contributed by atoms with van der Waals surface area (Å²) in [6.07, 6.45) is 0.589. The lowest BCUT2D eigenvalue weighted by Crippen LogP contribution is -2.43. The Hall–Kier alpha value is -1.10. The standard InChI is InChI=1S/C12H22N2O3/c1-11(2,3)10(16)13-7-9(15)14-6-5-12(4,17)8-14/h17H,5-8H2,1-4H3,(H,13,16). The first-order valence-corrected chi connectivity index (χ1v) is 5.90. The third-order valence-corrected chi connectivity index (χ3v) is 2.89. The lowest BCUT2D eigenvalue weighted by molar-refractivity contribution is -0.135. The average Bonchev–Trinajstić information content (AvgIpc) is 2.53. The van der Waals surface area contributed by atoms with Crippen molar-refractivity contribution in [3.63, 3.8) is 0 Å². The average molecular weight is 242 g/mol. The van der Waals surface area contributed by atoms with E-state index in [0.29, 0.717) is 19.5 Å². The third-order valence-electron chi connectivity index (χ3n) is 2.89. The quantitative estimate of drug-likeness (QED) is 0.723. The molecule has 1 unspecified atom stereocenters. The molecule has 0 aromatic carbocycles. The van der Waals surface area contributed by atoms with Gasteiger partial charge in [-0.25, -0.2) is 0 Å². The minimum absolute atomic E-state index is 0.00613. The Morgan fingerprint density at radius 2 is 2.00 bits per heavy atom. The molecule has 5 heteroatoms. The molecule has 1 rings (SSSR count). The summed E-state index contributed by atoms with van der Waals surface area (Å²) in [5.41, 5.74) is -1.28. The number of amides is 2. The molecule has 5 nitrogen and oxygen atoms in total. The Balaban J connectivity index is 2.39. The summed E-state index contributed by atoms with van der Waals surface area (Å²) in [4.78, 5) is 24.9. The van der Waals surface area contributed by atoms with E-state index in [4.69, 9.17) is 0 Å². The minimum Gasteiger partial charge on any atom is -0.388 e. The van der Waals surface area contributed by atoms with Gasteiger partial charge in [0, 0.05) is 18.5 Å². The Bertz CT molecular complexity index is 318. The topological polar surface area (TPSA) is 69.6 Å². The molecule has 2 N–H and O–H groups in total. The first kappa shape index (κ1) is 14.0. The van der Waals surface area contributed by atoms with E-state index in [1.54, 1.807) is 32.6 Å². The van der Waals surface area contributed by atoms with E-state index in [2.05, 4.69) is 5.32 Å². The summed E-state index contributed by atoms with van der Waals surface area (Å²) in [6.45, 7) is 8.02. The van der Waals surface area contributed by atoms with Crippen LogP contribution in [0.25, 0.3) is 0 Å². The van der Waals surface area contributed by atoms with E-state index in [-0.39, 0.29) is 18.4 Å². The number of carbonyl (C=O) groups excluding carboxylic acids is 2. The highest BCUT2D eigenvalue weighted by molar-refractivity contribution is 5.87. The van der Waals surface area contributed by atoms with Crippen LogP contribution in [0.1, 0.15) is 34.1 Å². The van der Waals surface area contributed by atoms with Crippen LogP contribution in [0.4, 0.5) is 0 Å². The van der Waals surface area contributed by atoms with E-state index >= 15 is 0 Å². The second kappa shape index (κ2) is 4.64. The zero-order valence-electron chi connectivity index (χ0n) is 11.0. The fraction of sp³-hybridized carbons (Fsp3) is 0.833. The van der Waals surface area contributed by atoms with Gasteiger partial charge in [-0.15, -0.1) is 0 Å². The lowest BCUT2D eigenvalue weighted by atomic mass is 9.96. The Morgan fingerprint density at radius 1 is 1.41 bits per heavy atom. The van der Waals surface area contributed by atoms with Gasteiger partial charge in [-0.05, 0) is 13.3 Å². The van der Waals surface area contributed by atoms with Crippen molar-refractivity contribution in [2.24, 2.45) is 5.41 Å². The molecule has 98 valence electrons. The van der Waals surface area contributed by atoms with Crippen LogP contribution in [0, 0.1) is 5.41 Å². The molecule has 1 heterocycles. The Kier molecular flexibility index (Phi) is 3.81. The van der Waals surface area contributed by atoms with Crippen LogP contribution in [0.15, 0.2) is 0 Å². The highest BCUT2D eigenvalue weighted by Gasteiger charge is 2.34. The van der Waals surface area contributed by atoms with E-state index in [1.165, 1.54) is 0 Å².